The minimum Gasteiger partial charge on any atom is -0.366 e. The number of rotatable bonds is 1. The molecule has 2 rings (SSSR count). The van der Waals surface area contributed by atoms with Crippen molar-refractivity contribution in [2.24, 2.45) is 5.73 Å². The predicted molar refractivity (Wildman–Crippen MR) is 62.0 cm³/mol. The number of benzene rings is 1. The zero-order valence-electron chi connectivity index (χ0n) is 7.89. The standard InChI is InChI=1S/C11H9Cl2NO/c12-8-3-6-1-2-7(4-10(14)15)11(6)9(13)5-8/h3-5H,1-2H2,(H2,14,15)/b7-4+. The number of nitrogens with two attached hydrogens (primary N) is 1. The summed E-state index contributed by atoms with van der Waals surface area (Å²) in [6.45, 7) is 0. The normalized spacial score (nSPS) is 16.8. The number of carbonyl (C=O) groups excluding carboxylic acids is 1. The molecule has 0 spiro atoms. The molecule has 2 N–H and O–H groups in total. The molecule has 1 aromatic carbocycles. The van der Waals surface area contributed by atoms with Gasteiger partial charge in [-0.1, -0.05) is 23.2 Å². The summed E-state index contributed by atoms with van der Waals surface area (Å²) < 4.78 is 0. The van der Waals surface area contributed by atoms with Crippen LogP contribution in [-0.4, -0.2) is 5.91 Å². The van der Waals surface area contributed by atoms with Crippen LogP contribution in [0.15, 0.2) is 18.2 Å². The Labute approximate surface area is 97.7 Å². The first-order chi connectivity index (χ1) is 7.08. The molecule has 2 nitrogen and oxygen atoms in total. The van der Waals surface area contributed by atoms with Gasteiger partial charge in [0.1, 0.15) is 0 Å². The van der Waals surface area contributed by atoms with Gasteiger partial charge in [-0.05, 0) is 41.7 Å². The lowest BCUT2D eigenvalue weighted by Gasteiger charge is -2.04. The molecule has 1 aliphatic carbocycles. The molecule has 0 heterocycles. The molecule has 0 atom stereocenters. The lowest BCUT2D eigenvalue weighted by atomic mass is 10.1. The van der Waals surface area contributed by atoms with Crippen molar-refractivity contribution in [3.63, 3.8) is 0 Å². The highest BCUT2D eigenvalue weighted by Crippen LogP contribution is 2.38. The van der Waals surface area contributed by atoms with Crippen LogP contribution in [0.25, 0.3) is 5.57 Å². The van der Waals surface area contributed by atoms with Crippen LogP contribution in [0.4, 0.5) is 0 Å². The molecule has 1 amide bonds. The van der Waals surface area contributed by atoms with E-state index in [2.05, 4.69) is 0 Å². The first-order valence-electron chi connectivity index (χ1n) is 4.56. The third-order valence-electron chi connectivity index (χ3n) is 2.44. The van der Waals surface area contributed by atoms with Crippen molar-refractivity contribution in [1.29, 1.82) is 0 Å². The quantitative estimate of drug-likeness (QED) is 0.756. The number of allylic oxidation sites excluding steroid dienone is 1. The number of primary amides is 1. The van der Waals surface area contributed by atoms with Crippen LogP contribution in [-0.2, 0) is 11.2 Å². The van der Waals surface area contributed by atoms with E-state index in [1.807, 2.05) is 6.07 Å². The molecular weight excluding hydrogens is 233 g/mol. The molecule has 0 saturated heterocycles. The molecule has 0 saturated carbocycles. The fraction of sp³-hybridized carbons (Fsp3) is 0.182. The van der Waals surface area contributed by atoms with Gasteiger partial charge in [-0.3, -0.25) is 4.79 Å². The molecular formula is C11H9Cl2NO. The highest BCUT2D eigenvalue weighted by molar-refractivity contribution is 6.36. The highest BCUT2D eigenvalue weighted by Gasteiger charge is 2.20. The lowest BCUT2D eigenvalue weighted by Crippen LogP contribution is -2.06. The van der Waals surface area contributed by atoms with E-state index >= 15 is 0 Å². The maximum absolute atomic E-state index is 10.8. The second kappa shape index (κ2) is 3.87. The average molecular weight is 242 g/mol. The van der Waals surface area contributed by atoms with Gasteiger partial charge in [0.15, 0.2) is 0 Å². The summed E-state index contributed by atoms with van der Waals surface area (Å²) in [5.74, 6) is -0.441. The fourth-order valence-corrected chi connectivity index (χ4v) is 2.55. The van der Waals surface area contributed by atoms with Crippen LogP contribution in [0.2, 0.25) is 10.0 Å². The minimum atomic E-state index is -0.441. The maximum Gasteiger partial charge on any atom is 0.241 e. The second-order valence-electron chi connectivity index (χ2n) is 3.49. The van der Waals surface area contributed by atoms with Gasteiger partial charge in [-0.25, -0.2) is 0 Å². The number of halogens is 2. The topological polar surface area (TPSA) is 43.1 Å². The van der Waals surface area contributed by atoms with E-state index in [0.29, 0.717) is 10.0 Å². The molecule has 0 unspecified atom stereocenters. The SMILES string of the molecule is NC(=O)/C=C1\CCc2cc(Cl)cc(Cl)c21. The summed E-state index contributed by atoms with van der Waals surface area (Å²) in [7, 11) is 0. The van der Waals surface area contributed by atoms with Crippen LogP contribution in [0.5, 0.6) is 0 Å². The number of amides is 1. The Hall–Kier alpha value is -0.990. The van der Waals surface area contributed by atoms with Gasteiger partial charge in [0.2, 0.25) is 5.91 Å². The Morgan fingerprint density at radius 2 is 2.07 bits per heavy atom. The summed E-state index contributed by atoms with van der Waals surface area (Å²) in [4.78, 5) is 10.8. The van der Waals surface area contributed by atoms with Crippen molar-refractivity contribution in [3.05, 3.63) is 39.4 Å². The van der Waals surface area contributed by atoms with Crippen LogP contribution in [0, 0.1) is 0 Å². The van der Waals surface area contributed by atoms with E-state index < -0.39 is 5.91 Å². The average Bonchev–Trinajstić information content (AvgIpc) is 2.46. The molecule has 4 heteroatoms. The van der Waals surface area contributed by atoms with Crippen molar-refractivity contribution < 1.29 is 4.79 Å². The predicted octanol–water partition coefficient (Wildman–Crippen LogP) is 2.81. The largest absolute Gasteiger partial charge is 0.366 e. The Morgan fingerprint density at radius 3 is 2.73 bits per heavy atom. The van der Waals surface area contributed by atoms with Crippen molar-refractivity contribution >= 4 is 34.7 Å². The number of hydrogen-bond acceptors (Lipinski definition) is 1. The number of fused-ring (bicyclic) bond motifs is 1. The van der Waals surface area contributed by atoms with Crippen molar-refractivity contribution in [1.82, 2.24) is 0 Å². The summed E-state index contributed by atoms with van der Waals surface area (Å²) in [6, 6.07) is 3.56. The summed E-state index contributed by atoms with van der Waals surface area (Å²) in [5, 5.41) is 1.21. The van der Waals surface area contributed by atoms with E-state index in [0.717, 1.165) is 29.5 Å². The van der Waals surface area contributed by atoms with E-state index in [1.54, 1.807) is 6.07 Å². The van der Waals surface area contributed by atoms with Crippen molar-refractivity contribution in [2.45, 2.75) is 12.8 Å². The number of aryl methyl sites for hydroxylation is 1. The van der Waals surface area contributed by atoms with E-state index in [9.17, 15) is 4.79 Å². The van der Waals surface area contributed by atoms with Gasteiger partial charge in [-0.2, -0.15) is 0 Å². The molecule has 0 radical (unpaired) electrons. The smallest absolute Gasteiger partial charge is 0.241 e. The summed E-state index contributed by atoms with van der Waals surface area (Å²) in [6.07, 6.45) is 3.08. The highest BCUT2D eigenvalue weighted by atomic mass is 35.5. The Kier molecular flexibility index (Phi) is 2.72. The Balaban J connectivity index is 2.56. The lowest BCUT2D eigenvalue weighted by molar-refractivity contribution is -0.113. The maximum atomic E-state index is 10.8. The number of hydrogen-bond donors (Lipinski definition) is 1. The molecule has 1 aromatic rings. The van der Waals surface area contributed by atoms with Gasteiger partial charge in [0.05, 0.1) is 0 Å². The second-order valence-corrected chi connectivity index (χ2v) is 4.34. The van der Waals surface area contributed by atoms with Gasteiger partial charge in [0.25, 0.3) is 0 Å². The van der Waals surface area contributed by atoms with Gasteiger partial charge in [-0.15, -0.1) is 0 Å². The van der Waals surface area contributed by atoms with Crippen LogP contribution < -0.4 is 5.73 Å². The van der Waals surface area contributed by atoms with Crippen molar-refractivity contribution in [3.8, 4) is 0 Å². The van der Waals surface area contributed by atoms with Crippen molar-refractivity contribution in [2.75, 3.05) is 0 Å². The van der Waals surface area contributed by atoms with Gasteiger partial charge >= 0.3 is 0 Å². The molecule has 0 bridgehead atoms. The molecule has 0 aromatic heterocycles. The first kappa shape index (κ1) is 10.5. The van der Waals surface area contributed by atoms with Gasteiger partial charge in [0, 0.05) is 16.1 Å². The summed E-state index contributed by atoms with van der Waals surface area (Å²) in [5.41, 5.74) is 8.03. The fourth-order valence-electron chi connectivity index (χ4n) is 1.89. The zero-order chi connectivity index (χ0) is 11.0. The van der Waals surface area contributed by atoms with E-state index in [4.69, 9.17) is 28.9 Å². The minimum absolute atomic E-state index is 0.441. The van der Waals surface area contributed by atoms with Crippen LogP contribution in [0.1, 0.15) is 17.5 Å². The summed E-state index contributed by atoms with van der Waals surface area (Å²) >= 11 is 12.0. The molecule has 1 aliphatic rings. The van der Waals surface area contributed by atoms with E-state index in [-0.39, 0.29) is 0 Å². The third-order valence-corrected chi connectivity index (χ3v) is 2.95. The van der Waals surface area contributed by atoms with Crippen LogP contribution in [0.3, 0.4) is 0 Å². The molecule has 15 heavy (non-hydrogen) atoms. The van der Waals surface area contributed by atoms with Gasteiger partial charge < -0.3 is 5.73 Å². The third kappa shape index (κ3) is 2.01. The molecule has 0 aliphatic heterocycles. The monoisotopic (exact) mass is 241 g/mol. The Bertz CT molecular complexity index is 466. The Morgan fingerprint density at radius 1 is 1.33 bits per heavy atom. The molecule has 78 valence electrons. The molecule has 0 fully saturated rings. The van der Waals surface area contributed by atoms with Crippen LogP contribution >= 0.6 is 23.2 Å². The number of carbonyl (C=O) groups is 1. The first-order valence-corrected chi connectivity index (χ1v) is 5.32. The van der Waals surface area contributed by atoms with E-state index in [1.165, 1.54) is 6.08 Å². The zero-order valence-corrected chi connectivity index (χ0v) is 9.40.